The lowest BCUT2D eigenvalue weighted by molar-refractivity contribution is -0.126. The Kier molecular flexibility index (Phi) is 9.28. The first-order valence-corrected chi connectivity index (χ1v) is 12.5. The molecular weight excluding hydrogens is 436 g/mol. The van der Waals surface area contributed by atoms with Crippen LogP contribution in [0.4, 0.5) is 4.79 Å². The highest BCUT2D eigenvalue weighted by molar-refractivity contribution is 5.83. The summed E-state index contributed by atoms with van der Waals surface area (Å²) in [5.74, 6) is -0.175. The Labute approximate surface area is 202 Å². The predicted molar refractivity (Wildman–Crippen MR) is 128 cm³/mol. The number of nitriles is 1. The van der Waals surface area contributed by atoms with Gasteiger partial charge in [-0.25, -0.2) is 4.79 Å². The zero-order valence-corrected chi connectivity index (χ0v) is 20.8. The van der Waals surface area contributed by atoms with E-state index < -0.39 is 17.7 Å². The van der Waals surface area contributed by atoms with E-state index in [2.05, 4.69) is 47.8 Å². The molecule has 2 aliphatic heterocycles. The molecule has 2 atom stereocenters. The van der Waals surface area contributed by atoms with Crippen molar-refractivity contribution in [2.24, 2.45) is 10.4 Å². The summed E-state index contributed by atoms with van der Waals surface area (Å²) in [7, 11) is 0. The molecule has 2 heterocycles. The second-order valence-corrected chi connectivity index (χ2v) is 10.8. The molecule has 10 nitrogen and oxygen atoms in total. The number of piperidine rings is 1. The number of amides is 2. The number of carbonyl (C=O) groups excluding carboxylic acids is 2. The average Bonchev–Trinajstić information content (AvgIpc) is 3.27. The van der Waals surface area contributed by atoms with E-state index >= 15 is 0 Å². The van der Waals surface area contributed by atoms with Gasteiger partial charge in [-0.1, -0.05) is 20.8 Å². The molecule has 34 heavy (non-hydrogen) atoms. The Balaban J connectivity index is 1.64. The normalized spacial score (nSPS) is 24.5. The number of carbonyl (C=O) groups is 2. The van der Waals surface area contributed by atoms with Crippen LogP contribution in [-0.4, -0.2) is 79.9 Å². The van der Waals surface area contributed by atoms with Crippen LogP contribution in [0.15, 0.2) is 4.99 Å². The van der Waals surface area contributed by atoms with Gasteiger partial charge in [0.25, 0.3) is 0 Å². The Morgan fingerprint density at radius 2 is 2.03 bits per heavy atom. The van der Waals surface area contributed by atoms with Gasteiger partial charge >= 0.3 is 6.09 Å². The number of nitrogens with one attached hydrogen (secondary N) is 3. The molecule has 1 saturated carbocycles. The number of hydrogen-bond donors (Lipinski definition) is 3. The third-order valence-corrected chi connectivity index (χ3v) is 6.60. The summed E-state index contributed by atoms with van der Waals surface area (Å²) in [6.45, 7) is 9.30. The van der Waals surface area contributed by atoms with Gasteiger partial charge in [0, 0.05) is 6.54 Å². The number of hydrogen-bond acceptors (Lipinski definition) is 7. The van der Waals surface area contributed by atoms with Crippen LogP contribution < -0.4 is 16.0 Å². The molecule has 0 aromatic carbocycles. The van der Waals surface area contributed by atoms with E-state index in [4.69, 9.17) is 9.47 Å². The first kappa shape index (κ1) is 26.4. The quantitative estimate of drug-likeness (QED) is 0.376. The van der Waals surface area contributed by atoms with Crippen LogP contribution in [0.3, 0.4) is 0 Å². The van der Waals surface area contributed by atoms with Crippen molar-refractivity contribution < 1.29 is 19.1 Å². The molecule has 3 rings (SSSR count). The number of nitrogens with zero attached hydrogens (tertiary/aromatic N) is 3. The van der Waals surface area contributed by atoms with Crippen molar-refractivity contribution in [2.45, 2.75) is 89.6 Å². The molecule has 2 saturated heterocycles. The maximum atomic E-state index is 13.3. The standard InChI is InChI=1S/C24H40N6O4/c1-23(2,3)14-19(21(31)29-24(16-25)8-4-5-9-24)28-20-15-33-13-12-30(20)17-27-22(32)34-18-6-10-26-11-7-18/h17-20,26,28H,4-15H2,1-3H3,(H,29,31). The number of ether oxygens (including phenoxy) is 2. The fourth-order valence-corrected chi connectivity index (χ4v) is 4.74. The lowest BCUT2D eigenvalue weighted by Crippen LogP contribution is -2.61. The molecule has 3 aliphatic rings. The number of rotatable bonds is 7. The monoisotopic (exact) mass is 476 g/mol. The summed E-state index contributed by atoms with van der Waals surface area (Å²) in [4.78, 5) is 31.4. The van der Waals surface area contributed by atoms with Crippen molar-refractivity contribution in [3.05, 3.63) is 0 Å². The smallest absolute Gasteiger partial charge is 0.435 e. The SMILES string of the molecule is CC(C)(C)CC(NC1COCCN1C=NC(=O)OC1CCNCC1)C(=O)NC1(C#N)CCCC1. The maximum Gasteiger partial charge on any atom is 0.435 e. The summed E-state index contributed by atoms with van der Waals surface area (Å²) in [6, 6.07) is 1.81. The molecule has 2 amide bonds. The predicted octanol–water partition coefficient (Wildman–Crippen LogP) is 1.91. The average molecular weight is 477 g/mol. The molecule has 3 fully saturated rings. The van der Waals surface area contributed by atoms with Gasteiger partial charge in [-0.2, -0.15) is 10.3 Å². The topological polar surface area (TPSA) is 128 Å². The van der Waals surface area contributed by atoms with Crippen LogP contribution in [0, 0.1) is 16.7 Å². The Bertz CT molecular complexity index is 762. The minimum absolute atomic E-state index is 0.104. The van der Waals surface area contributed by atoms with E-state index in [1.807, 2.05) is 4.90 Å². The van der Waals surface area contributed by atoms with Crippen LogP contribution in [0.2, 0.25) is 0 Å². The summed E-state index contributed by atoms with van der Waals surface area (Å²) < 4.78 is 11.1. The number of aliphatic imine (C=N–C) groups is 1. The molecule has 0 aromatic rings. The summed E-state index contributed by atoms with van der Waals surface area (Å²) >= 11 is 0. The Morgan fingerprint density at radius 3 is 2.68 bits per heavy atom. The minimum atomic E-state index is -0.780. The first-order chi connectivity index (χ1) is 16.2. The fraction of sp³-hybridized carbons (Fsp3) is 0.833. The van der Waals surface area contributed by atoms with Crippen molar-refractivity contribution in [3.63, 3.8) is 0 Å². The third-order valence-electron chi connectivity index (χ3n) is 6.60. The molecule has 3 N–H and O–H groups in total. The van der Waals surface area contributed by atoms with Crippen LogP contribution in [0.1, 0.15) is 65.7 Å². The molecule has 190 valence electrons. The lowest BCUT2D eigenvalue weighted by Gasteiger charge is -2.38. The van der Waals surface area contributed by atoms with E-state index in [1.165, 1.54) is 6.34 Å². The van der Waals surface area contributed by atoms with Crippen LogP contribution >= 0.6 is 0 Å². The molecule has 0 aromatic heterocycles. The highest BCUT2D eigenvalue weighted by Gasteiger charge is 2.39. The minimum Gasteiger partial charge on any atom is -0.444 e. The highest BCUT2D eigenvalue weighted by Crippen LogP contribution is 2.30. The first-order valence-electron chi connectivity index (χ1n) is 12.5. The lowest BCUT2D eigenvalue weighted by atomic mass is 9.87. The van der Waals surface area contributed by atoms with Gasteiger partial charge in [-0.05, 0) is 63.5 Å². The van der Waals surface area contributed by atoms with Crippen molar-refractivity contribution in [3.8, 4) is 6.07 Å². The van der Waals surface area contributed by atoms with E-state index in [0.717, 1.165) is 38.8 Å². The molecule has 2 unspecified atom stereocenters. The van der Waals surface area contributed by atoms with E-state index in [1.54, 1.807) is 0 Å². The summed E-state index contributed by atoms with van der Waals surface area (Å²) in [5.41, 5.74) is -0.894. The summed E-state index contributed by atoms with van der Waals surface area (Å²) in [6.07, 6.45) is 5.87. The largest absolute Gasteiger partial charge is 0.444 e. The Hall–Kier alpha value is -2.22. The van der Waals surface area contributed by atoms with E-state index in [-0.39, 0.29) is 23.6 Å². The second kappa shape index (κ2) is 12.0. The van der Waals surface area contributed by atoms with E-state index in [9.17, 15) is 14.9 Å². The van der Waals surface area contributed by atoms with Gasteiger partial charge in [0.1, 0.15) is 17.8 Å². The third kappa shape index (κ3) is 7.93. The molecule has 10 heteroatoms. The molecule has 1 aliphatic carbocycles. The number of morpholine rings is 1. The molecular formula is C24H40N6O4. The maximum absolute atomic E-state index is 13.3. The summed E-state index contributed by atoms with van der Waals surface area (Å²) in [5, 5.41) is 19.4. The highest BCUT2D eigenvalue weighted by atomic mass is 16.6. The Morgan fingerprint density at radius 1 is 1.32 bits per heavy atom. The fourth-order valence-electron chi connectivity index (χ4n) is 4.74. The van der Waals surface area contributed by atoms with Crippen molar-refractivity contribution in [1.82, 2.24) is 20.9 Å². The van der Waals surface area contributed by atoms with Gasteiger partial charge in [0.2, 0.25) is 5.91 Å². The molecule has 0 radical (unpaired) electrons. The zero-order chi connectivity index (χ0) is 24.6. The zero-order valence-electron chi connectivity index (χ0n) is 20.8. The second-order valence-electron chi connectivity index (χ2n) is 10.8. The van der Waals surface area contributed by atoms with Crippen LogP contribution in [0.25, 0.3) is 0 Å². The van der Waals surface area contributed by atoms with Gasteiger partial charge in [0.15, 0.2) is 0 Å². The van der Waals surface area contributed by atoms with Crippen LogP contribution in [-0.2, 0) is 14.3 Å². The van der Waals surface area contributed by atoms with Crippen molar-refractivity contribution >= 4 is 18.3 Å². The van der Waals surface area contributed by atoms with Gasteiger partial charge in [-0.3, -0.25) is 10.1 Å². The van der Waals surface area contributed by atoms with Crippen molar-refractivity contribution in [1.29, 1.82) is 5.26 Å². The molecule has 0 spiro atoms. The van der Waals surface area contributed by atoms with Gasteiger partial charge in [-0.15, -0.1) is 0 Å². The van der Waals surface area contributed by atoms with Crippen molar-refractivity contribution in [2.75, 3.05) is 32.8 Å². The van der Waals surface area contributed by atoms with Crippen LogP contribution in [0.5, 0.6) is 0 Å². The van der Waals surface area contributed by atoms with Gasteiger partial charge in [0.05, 0.1) is 31.7 Å². The molecule has 0 bridgehead atoms. The van der Waals surface area contributed by atoms with E-state index in [0.29, 0.717) is 39.0 Å². The van der Waals surface area contributed by atoms with Gasteiger partial charge < -0.3 is 25.0 Å².